The summed E-state index contributed by atoms with van der Waals surface area (Å²) in [5.74, 6) is -0.894. The Morgan fingerprint density at radius 3 is 2.44 bits per heavy atom. The summed E-state index contributed by atoms with van der Waals surface area (Å²) in [4.78, 5) is 25.2. The number of carbonyl (C=O) groups is 2. The summed E-state index contributed by atoms with van der Waals surface area (Å²) in [5, 5.41) is 0.948. The molecule has 1 aliphatic rings. The molecule has 0 atom stereocenters. The van der Waals surface area contributed by atoms with E-state index >= 15 is 0 Å². The Balaban J connectivity index is 1.55. The van der Waals surface area contributed by atoms with E-state index in [1.54, 1.807) is 30.3 Å². The van der Waals surface area contributed by atoms with Crippen LogP contribution in [-0.4, -0.2) is 21.1 Å². The molecule has 2 heterocycles. The highest BCUT2D eigenvalue weighted by atomic mass is 32.2. The highest BCUT2D eigenvalue weighted by molar-refractivity contribution is 8.26. The van der Waals surface area contributed by atoms with Crippen molar-refractivity contribution < 1.29 is 27.2 Å². The van der Waals surface area contributed by atoms with Crippen LogP contribution in [0.3, 0.4) is 0 Å². The molecule has 3 aromatic rings. The number of nitrogens with zero attached hydrogens (tertiary/aromatic N) is 1. The third kappa shape index (κ3) is 4.46. The van der Waals surface area contributed by atoms with E-state index in [0.29, 0.717) is 5.56 Å². The Morgan fingerprint density at radius 1 is 1.03 bits per heavy atom. The largest absolute Gasteiger partial charge is 0.457 e. The van der Waals surface area contributed by atoms with Crippen molar-refractivity contribution in [1.29, 1.82) is 0 Å². The summed E-state index contributed by atoms with van der Waals surface area (Å²) in [6.07, 6.45) is -3.17. The summed E-state index contributed by atoms with van der Waals surface area (Å²) in [6.45, 7) is 0. The molecule has 0 aliphatic carbocycles. The summed E-state index contributed by atoms with van der Waals surface area (Å²) >= 11 is 6.12. The molecule has 10 heteroatoms. The molecular formula is C22H13F3N2O3S2. The van der Waals surface area contributed by atoms with Crippen molar-refractivity contribution in [3.63, 3.8) is 0 Å². The van der Waals surface area contributed by atoms with Gasteiger partial charge < -0.3 is 4.42 Å². The molecule has 2 amide bonds. The number of amides is 2. The van der Waals surface area contributed by atoms with Crippen LogP contribution in [0.25, 0.3) is 17.4 Å². The van der Waals surface area contributed by atoms with E-state index in [1.165, 1.54) is 36.4 Å². The first kappa shape index (κ1) is 21.8. The number of furan rings is 1. The van der Waals surface area contributed by atoms with Gasteiger partial charge in [-0.15, -0.1) is 0 Å². The number of benzene rings is 2. The maximum Gasteiger partial charge on any atom is 0.417 e. The van der Waals surface area contributed by atoms with Gasteiger partial charge in [0.2, 0.25) is 0 Å². The lowest BCUT2D eigenvalue weighted by molar-refractivity contribution is -0.137. The number of hydrogen-bond acceptors (Lipinski definition) is 5. The van der Waals surface area contributed by atoms with Crippen LogP contribution in [0.5, 0.6) is 0 Å². The van der Waals surface area contributed by atoms with E-state index in [1.807, 2.05) is 0 Å². The van der Waals surface area contributed by atoms with Crippen LogP contribution < -0.4 is 5.43 Å². The molecule has 162 valence electrons. The highest BCUT2D eigenvalue weighted by Crippen LogP contribution is 2.38. The monoisotopic (exact) mass is 474 g/mol. The van der Waals surface area contributed by atoms with Crippen LogP contribution in [0.4, 0.5) is 13.2 Å². The van der Waals surface area contributed by atoms with Crippen molar-refractivity contribution >= 4 is 46.2 Å². The minimum atomic E-state index is -4.54. The molecule has 0 bridgehead atoms. The van der Waals surface area contributed by atoms with Crippen molar-refractivity contribution in [3.8, 4) is 11.3 Å². The smallest absolute Gasteiger partial charge is 0.417 e. The maximum atomic E-state index is 13.3. The Kier molecular flexibility index (Phi) is 5.90. The van der Waals surface area contributed by atoms with Gasteiger partial charge in [-0.2, -0.15) is 18.2 Å². The molecule has 32 heavy (non-hydrogen) atoms. The summed E-state index contributed by atoms with van der Waals surface area (Å²) in [6, 6.07) is 16.2. The lowest BCUT2D eigenvalue weighted by Crippen LogP contribution is -2.44. The first-order valence-corrected chi connectivity index (χ1v) is 10.4. The SMILES string of the molecule is O=C(NN1C(=O)/C(=C\c2ccc(-c3ccccc3C(F)(F)F)o2)SC1=S)c1ccccc1. The van der Waals surface area contributed by atoms with Crippen LogP contribution in [0, 0.1) is 0 Å². The van der Waals surface area contributed by atoms with Gasteiger partial charge in [-0.1, -0.05) is 48.2 Å². The number of thioether (sulfide) groups is 1. The van der Waals surface area contributed by atoms with Crippen LogP contribution in [-0.2, 0) is 11.0 Å². The number of thiocarbonyl (C=S) groups is 1. The molecule has 4 rings (SSSR count). The van der Waals surface area contributed by atoms with Gasteiger partial charge in [-0.05, 0) is 42.5 Å². The normalized spacial score (nSPS) is 15.5. The minimum absolute atomic E-state index is 0.0111. The molecular weight excluding hydrogens is 461 g/mol. The number of alkyl halides is 3. The molecule has 1 N–H and O–H groups in total. The average molecular weight is 474 g/mol. The van der Waals surface area contributed by atoms with Gasteiger partial charge in [0, 0.05) is 17.2 Å². The Bertz CT molecular complexity index is 1240. The quantitative estimate of drug-likeness (QED) is 0.399. The van der Waals surface area contributed by atoms with Gasteiger partial charge in [-0.25, -0.2) is 0 Å². The molecule has 2 aromatic carbocycles. The number of hydrazine groups is 1. The Labute approximate surface area is 189 Å². The van der Waals surface area contributed by atoms with Crippen molar-refractivity contribution in [2.75, 3.05) is 0 Å². The number of carbonyl (C=O) groups excluding carboxylic acids is 2. The molecule has 0 radical (unpaired) electrons. The van der Waals surface area contributed by atoms with E-state index < -0.39 is 23.6 Å². The molecule has 0 spiro atoms. The average Bonchev–Trinajstić information content (AvgIpc) is 3.34. The van der Waals surface area contributed by atoms with Gasteiger partial charge in [-0.3, -0.25) is 15.0 Å². The van der Waals surface area contributed by atoms with Gasteiger partial charge in [0.25, 0.3) is 11.8 Å². The number of rotatable bonds is 4. The number of halogens is 3. The van der Waals surface area contributed by atoms with Gasteiger partial charge in [0.1, 0.15) is 11.5 Å². The molecule has 0 unspecified atom stereocenters. The second-order valence-corrected chi connectivity index (χ2v) is 8.25. The summed E-state index contributed by atoms with van der Waals surface area (Å²) in [5.41, 5.74) is 1.87. The van der Waals surface area contributed by atoms with E-state index in [-0.39, 0.29) is 26.3 Å². The third-order valence-electron chi connectivity index (χ3n) is 4.44. The first-order valence-electron chi connectivity index (χ1n) is 9.14. The topological polar surface area (TPSA) is 62.6 Å². The van der Waals surface area contributed by atoms with Gasteiger partial charge in [0.05, 0.1) is 10.5 Å². The van der Waals surface area contributed by atoms with E-state index in [2.05, 4.69) is 5.43 Å². The number of nitrogens with one attached hydrogen (secondary N) is 1. The van der Waals surface area contributed by atoms with Gasteiger partial charge in [0.15, 0.2) is 4.32 Å². The van der Waals surface area contributed by atoms with Crippen molar-refractivity contribution in [2.45, 2.75) is 6.18 Å². The van der Waals surface area contributed by atoms with E-state index in [0.717, 1.165) is 22.8 Å². The lowest BCUT2D eigenvalue weighted by Gasteiger charge is -2.15. The highest BCUT2D eigenvalue weighted by Gasteiger charge is 2.35. The zero-order valence-electron chi connectivity index (χ0n) is 16.1. The van der Waals surface area contributed by atoms with Crippen LogP contribution in [0.1, 0.15) is 21.7 Å². The fourth-order valence-corrected chi connectivity index (χ4v) is 4.13. The molecule has 0 saturated carbocycles. The van der Waals surface area contributed by atoms with Gasteiger partial charge >= 0.3 is 6.18 Å². The standard InChI is InChI=1S/C22H13F3N2O3S2/c23-22(24,25)16-9-5-4-8-15(16)17-11-10-14(30-17)12-18-20(29)27(21(31)32-18)26-19(28)13-6-2-1-3-7-13/h1-12H,(H,26,28)/b18-12+. The summed E-state index contributed by atoms with van der Waals surface area (Å²) in [7, 11) is 0. The summed E-state index contributed by atoms with van der Waals surface area (Å²) < 4.78 is 45.5. The van der Waals surface area contributed by atoms with Crippen molar-refractivity contribution in [1.82, 2.24) is 10.4 Å². The van der Waals surface area contributed by atoms with Crippen LogP contribution >= 0.6 is 24.0 Å². The van der Waals surface area contributed by atoms with Crippen molar-refractivity contribution in [3.05, 3.63) is 88.5 Å². The zero-order valence-corrected chi connectivity index (χ0v) is 17.7. The van der Waals surface area contributed by atoms with E-state index in [4.69, 9.17) is 16.6 Å². The van der Waals surface area contributed by atoms with E-state index in [9.17, 15) is 22.8 Å². The minimum Gasteiger partial charge on any atom is -0.457 e. The fraction of sp³-hybridized carbons (Fsp3) is 0.0455. The molecule has 1 aliphatic heterocycles. The van der Waals surface area contributed by atoms with Crippen molar-refractivity contribution in [2.24, 2.45) is 0 Å². The molecule has 5 nitrogen and oxygen atoms in total. The molecule has 1 fully saturated rings. The number of hydrogen-bond donors (Lipinski definition) is 1. The Morgan fingerprint density at radius 2 is 1.72 bits per heavy atom. The second-order valence-electron chi connectivity index (χ2n) is 6.57. The molecule has 1 saturated heterocycles. The Hall–Kier alpha value is -3.37. The third-order valence-corrected chi connectivity index (χ3v) is 5.74. The predicted octanol–water partition coefficient (Wildman–Crippen LogP) is 5.51. The predicted molar refractivity (Wildman–Crippen MR) is 118 cm³/mol. The second kappa shape index (κ2) is 8.64. The first-order chi connectivity index (χ1) is 15.2. The molecule has 1 aromatic heterocycles. The van der Waals surface area contributed by atoms with Crippen LogP contribution in [0.2, 0.25) is 0 Å². The fourth-order valence-electron chi connectivity index (χ4n) is 2.97. The van der Waals surface area contributed by atoms with Crippen LogP contribution in [0.15, 0.2) is 76.1 Å². The zero-order chi connectivity index (χ0) is 22.9. The maximum absolute atomic E-state index is 13.3. The lowest BCUT2D eigenvalue weighted by atomic mass is 10.1.